The Labute approximate surface area is 178 Å². The van der Waals surface area contributed by atoms with Crippen molar-refractivity contribution >= 4 is 28.2 Å². The first-order valence-electron chi connectivity index (χ1n) is 9.32. The number of aromatic nitrogens is 1. The Morgan fingerprint density at radius 2 is 1.90 bits per heavy atom. The van der Waals surface area contributed by atoms with Gasteiger partial charge < -0.3 is 20.5 Å². The van der Waals surface area contributed by atoms with Crippen LogP contribution in [-0.2, 0) is 0 Å². The van der Waals surface area contributed by atoms with Crippen molar-refractivity contribution in [3.63, 3.8) is 0 Å². The van der Waals surface area contributed by atoms with Gasteiger partial charge in [-0.2, -0.15) is 13.2 Å². The number of anilines is 1. The van der Waals surface area contributed by atoms with Gasteiger partial charge >= 0.3 is 6.18 Å². The Balaban J connectivity index is 1.94. The summed E-state index contributed by atoms with van der Waals surface area (Å²) >= 11 is 5.96. The van der Waals surface area contributed by atoms with Crippen molar-refractivity contribution in [2.75, 3.05) is 5.32 Å². The summed E-state index contributed by atoms with van der Waals surface area (Å²) in [7, 11) is 0. The second kappa shape index (κ2) is 7.13. The van der Waals surface area contributed by atoms with Gasteiger partial charge in [-0.25, -0.2) is 4.39 Å². The molecule has 164 valence electrons. The molecule has 2 unspecified atom stereocenters. The maximum Gasteiger partial charge on any atom is 0.419 e. The number of benzene rings is 2. The van der Waals surface area contributed by atoms with Gasteiger partial charge in [0.25, 0.3) is 0 Å². The van der Waals surface area contributed by atoms with Crippen LogP contribution in [-0.4, -0.2) is 27.0 Å². The van der Waals surface area contributed by atoms with Gasteiger partial charge in [0, 0.05) is 22.7 Å². The molecular weight excluding hydrogens is 440 g/mol. The Kier molecular flexibility index (Phi) is 4.94. The summed E-state index contributed by atoms with van der Waals surface area (Å²) in [5.74, 6) is -1.96. The first-order valence-corrected chi connectivity index (χ1v) is 9.70. The quantitative estimate of drug-likeness (QED) is 0.410. The molecule has 2 aromatic carbocycles. The number of aliphatic hydroxyl groups is 1. The monoisotopic (exact) mass is 456 g/mol. The number of phenols is 1. The van der Waals surface area contributed by atoms with E-state index in [1.807, 2.05) is 0 Å². The number of fused-ring (bicyclic) bond motifs is 2. The molecule has 4 N–H and O–H groups in total. The highest BCUT2D eigenvalue weighted by atomic mass is 35.5. The molecule has 0 radical (unpaired) electrons. The number of aromatic amines is 1. The second-order valence-electron chi connectivity index (χ2n) is 7.71. The Morgan fingerprint density at radius 1 is 1.19 bits per heavy atom. The normalized spacial score (nSPS) is 23.6. The summed E-state index contributed by atoms with van der Waals surface area (Å²) in [6, 6.07) is 5.44. The molecule has 0 spiro atoms. The molecule has 31 heavy (non-hydrogen) atoms. The van der Waals surface area contributed by atoms with Crippen LogP contribution in [0.4, 0.5) is 23.2 Å². The van der Waals surface area contributed by atoms with Gasteiger partial charge in [-0.3, -0.25) is 4.79 Å². The second-order valence-corrected chi connectivity index (χ2v) is 8.12. The van der Waals surface area contributed by atoms with Crippen molar-refractivity contribution in [3.8, 4) is 5.75 Å². The van der Waals surface area contributed by atoms with Crippen LogP contribution in [0.15, 0.2) is 41.2 Å². The predicted molar refractivity (Wildman–Crippen MR) is 108 cm³/mol. The van der Waals surface area contributed by atoms with Crippen LogP contribution in [0.25, 0.3) is 10.9 Å². The van der Waals surface area contributed by atoms with Gasteiger partial charge in [-0.05, 0) is 42.2 Å². The number of aromatic hydroxyl groups is 1. The number of rotatable bonds is 2. The Morgan fingerprint density at radius 3 is 2.58 bits per heavy atom. The lowest BCUT2D eigenvalue weighted by atomic mass is 9.70. The van der Waals surface area contributed by atoms with E-state index >= 15 is 0 Å². The largest absolute Gasteiger partial charge is 0.506 e. The number of H-pyrrole nitrogens is 1. The fourth-order valence-electron chi connectivity index (χ4n) is 4.29. The van der Waals surface area contributed by atoms with Gasteiger partial charge in [0.1, 0.15) is 11.6 Å². The highest BCUT2D eigenvalue weighted by molar-refractivity contribution is 6.32. The van der Waals surface area contributed by atoms with Crippen LogP contribution in [0, 0.1) is 5.82 Å². The lowest BCUT2D eigenvalue weighted by Gasteiger charge is -2.45. The van der Waals surface area contributed by atoms with Crippen LogP contribution in [0.5, 0.6) is 5.75 Å². The van der Waals surface area contributed by atoms with E-state index in [0.717, 1.165) is 12.1 Å². The van der Waals surface area contributed by atoms with Crippen molar-refractivity contribution in [1.82, 2.24) is 4.98 Å². The van der Waals surface area contributed by atoms with Gasteiger partial charge in [-0.1, -0.05) is 24.6 Å². The summed E-state index contributed by atoms with van der Waals surface area (Å²) in [5.41, 5.74) is -3.68. The molecule has 10 heteroatoms. The van der Waals surface area contributed by atoms with Gasteiger partial charge in [-0.15, -0.1) is 0 Å². The number of hydrogen-bond acceptors (Lipinski definition) is 4. The minimum Gasteiger partial charge on any atom is -0.506 e. The number of alkyl halides is 3. The van der Waals surface area contributed by atoms with Crippen molar-refractivity contribution in [1.29, 1.82) is 0 Å². The van der Waals surface area contributed by atoms with Crippen molar-refractivity contribution in [2.45, 2.75) is 37.1 Å². The maximum absolute atomic E-state index is 14.2. The molecule has 0 bridgehead atoms. The Bertz CT molecular complexity index is 1240. The van der Waals surface area contributed by atoms with E-state index in [0.29, 0.717) is 0 Å². The third-order valence-electron chi connectivity index (χ3n) is 5.74. The van der Waals surface area contributed by atoms with Gasteiger partial charge in [0.15, 0.2) is 5.60 Å². The van der Waals surface area contributed by atoms with Crippen LogP contribution >= 0.6 is 11.6 Å². The fraction of sp³-hybridized carbons (Fsp3) is 0.286. The molecule has 5 nitrogen and oxygen atoms in total. The third-order valence-corrected chi connectivity index (χ3v) is 6.04. The predicted octanol–water partition coefficient (Wildman–Crippen LogP) is 4.98. The minimum atomic E-state index is -5.02. The maximum atomic E-state index is 14.2. The summed E-state index contributed by atoms with van der Waals surface area (Å²) < 4.78 is 56.4. The average Bonchev–Trinajstić information content (AvgIpc) is 2.68. The van der Waals surface area contributed by atoms with Gasteiger partial charge in [0.05, 0.1) is 16.6 Å². The zero-order valence-corrected chi connectivity index (χ0v) is 16.8. The topological polar surface area (TPSA) is 85.4 Å². The third kappa shape index (κ3) is 3.32. The highest BCUT2D eigenvalue weighted by Crippen LogP contribution is 2.55. The standard InChI is InChI=1S/C21H17ClF4N2O3/c1-9-8-20(31,21(24,25)26)19(11-2-4-12(22)18(30)16(9)11)27-14-6-5-13(23)17-10(14)3-7-15(29)28-17/h2-7,9,19,27,30-31H,8H2,1H3,(H,28,29)/t9?,19?,20-/m1/s1. The number of pyridine rings is 1. The number of nitrogens with one attached hydrogen (secondary N) is 2. The molecule has 0 aliphatic heterocycles. The molecule has 1 aliphatic carbocycles. The summed E-state index contributed by atoms with van der Waals surface area (Å²) in [6.45, 7) is 1.46. The molecule has 0 amide bonds. The summed E-state index contributed by atoms with van der Waals surface area (Å²) in [4.78, 5) is 13.9. The number of hydrogen-bond donors (Lipinski definition) is 4. The van der Waals surface area contributed by atoms with Crippen molar-refractivity contribution < 1.29 is 27.8 Å². The smallest absolute Gasteiger partial charge is 0.419 e. The zero-order chi connectivity index (χ0) is 22.7. The molecule has 4 rings (SSSR count). The molecule has 1 aliphatic rings. The van der Waals surface area contributed by atoms with Gasteiger partial charge in [0.2, 0.25) is 5.56 Å². The van der Waals surface area contributed by atoms with Crippen LogP contribution in [0.2, 0.25) is 5.02 Å². The van der Waals surface area contributed by atoms with Crippen LogP contribution in [0.3, 0.4) is 0 Å². The van der Waals surface area contributed by atoms with Crippen molar-refractivity contribution in [3.05, 3.63) is 68.7 Å². The SMILES string of the molecule is CC1C[C@](O)(C(F)(F)F)C(Nc2ccc(F)c3[nH]c(=O)ccc23)c2ccc(Cl)c(O)c21. The number of phenolic OH excluding ortho intramolecular Hbond substituents is 1. The van der Waals surface area contributed by atoms with E-state index in [1.165, 1.54) is 31.2 Å². The molecule has 3 aromatic rings. The van der Waals surface area contributed by atoms with E-state index in [9.17, 15) is 32.6 Å². The van der Waals surface area contributed by atoms with Crippen LogP contribution < -0.4 is 10.9 Å². The highest BCUT2D eigenvalue weighted by Gasteiger charge is 2.62. The first kappa shape index (κ1) is 21.5. The Hall–Kier alpha value is -2.78. The average molecular weight is 457 g/mol. The van der Waals surface area contributed by atoms with E-state index in [2.05, 4.69) is 10.3 Å². The minimum absolute atomic E-state index is 0.0161. The first-order chi connectivity index (χ1) is 14.4. The molecule has 3 atom stereocenters. The fourth-order valence-corrected chi connectivity index (χ4v) is 4.45. The summed E-state index contributed by atoms with van der Waals surface area (Å²) in [5, 5.41) is 24.0. The molecular formula is C21H17ClF4N2O3. The zero-order valence-electron chi connectivity index (χ0n) is 16.0. The molecule has 0 saturated heterocycles. The lowest BCUT2D eigenvalue weighted by molar-refractivity contribution is -0.272. The van der Waals surface area contributed by atoms with Crippen molar-refractivity contribution in [2.24, 2.45) is 0 Å². The van der Waals surface area contributed by atoms with E-state index in [4.69, 9.17) is 11.6 Å². The number of halogens is 5. The van der Waals surface area contributed by atoms with E-state index < -0.39 is 41.5 Å². The van der Waals surface area contributed by atoms with E-state index in [-0.39, 0.29) is 38.5 Å². The molecule has 0 saturated carbocycles. The van der Waals surface area contributed by atoms with Crippen LogP contribution in [0.1, 0.15) is 36.4 Å². The molecule has 0 fully saturated rings. The lowest BCUT2D eigenvalue weighted by Crippen LogP contribution is -2.55. The summed E-state index contributed by atoms with van der Waals surface area (Å²) in [6.07, 6.45) is -5.75. The molecule has 1 aromatic heterocycles. The molecule has 1 heterocycles. The van der Waals surface area contributed by atoms with E-state index in [1.54, 1.807) is 0 Å².